The van der Waals surface area contributed by atoms with Crippen LogP contribution in [-0.4, -0.2) is 9.52 Å². The third-order valence-electron chi connectivity index (χ3n) is 5.41. The van der Waals surface area contributed by atoms with E-state index in [4.69, 9.17) is 0 Å². The van der Waals surface area contributed by atoms with E-state index in [2.05, 4.69) is 129 Å². The van der Waals surface area contributed by atoms with Crippen molar-refractivity contribution in [1.82, 2.24) is 0 Å². The molecule has 0 aliphatic rings. The Balaban J connectivity index is 0. The summed E-state index contributed by atoms with van der Waals surface area (Å²) in [5.74, 6) is 0. The molecule has 0 nitrogen and oxygen atoms in total. The number of aryl methyl sites for hydroxylation is 2. The fraction of sp³-hybridized carbons (Fsp3) is 0.375. The maximum Gasteiger partial charge on any atom is 4.00 e. The molecule has 0 spiro atoms. The molecule has 0 atom stereocenters. The molecular formula is C32H46SiZr. The summed E-state index contributed by atoms with van der Waals surface area (Å²) in [5, 5.41) is 5.57. The Morgan fingerprint density at radius 3 is 1.18 bits per heavy atom. The van der Waals surface area contributed by atoms with Crippen LogP contribution < -0.4 is 0 Å². The normalized spacial score (nSPS) is 10.6. The Morgan fingerprint density at radius 1 is 0.618 bits per heavy atom. The molecular weight excluding hydrogens is 504 g/mol. The van der Waals surface area contributed by atoms with E-state index in [0.29, 0.717) is 0 Å². The van der Waals surface area contributed by atoms with Gasteiger partial charge in [0.1, 0.15) is 0 Å². The molecule has 4 aromatic rings. The molecule has 2 heteroatoms. The average Bonchev–Trinajstić information content (AvgIpc) is 3.20. The number of hydrogen-bond donors (Lipinski definition) is 0. The van der Waals surface area contributed by atoms with Crippen LogP contribution in [0.2, 0.25) is 13.1 Å². The zero-order chi connectivity index (χ0) is 23.4. The van der Waals surface area contributed by atoms with Crippen LogP contribution in [-0.2, 0) is 37.0 Å². The van der Waals surface area contributed by atoms with Gasteiger partial charge < -0.3 is 14.9 Å². The summed E-state index contributed by atoms with van der Waals surface area (Å²) in [5.41, 5.74) is 6.08. The number of fused-ring (bicyclic) bond motifs is 2. The maximum absolute atomic E-state index is 2.29. The van der Waals surface area contributed by atoms with E-state index in [9.17, 15) is 0 Å². The average molecular weight is 550 g/mol. The van der Waals surface area contributed by atoms with Crippen LogP contribution >= 0.6 is 0 Å². The first kappa shape index (κ1) is 34.9. The van der Waals surface area contributed by atoms with Crippen LogP contribution in [0.15, 0.2) is 60.7 Å². The standard InChI is InChI=1S/2C14H17.C2H6Si.2CH3.Zr/c2*1-10-8-11-6-5-7-13(12(11)9-10)14(2,3)4;1-3-2;;;/h2*5-9H,1-4H3;1-2H3;2*1H3;/q2*-1;;2*-1;+4. The van der Waals surface area contributed by atoms with E-state index in [1.54, 1.807) is 0 Å². The van der Waals surface area contributed by atoms with Gasteiger partial charge in [0.15, 0.2) is 0 Å². The Kier molecular flexibility index (Phi) is 14.7. The van der Waals surface area contributed by atoms with Crippen molar-refractivity contribution in [2.45, 2.75) is 79.3 Å². The van der Waals surface area contributed by atoms with Crippen LogP contribution in [0.4, 0.5) is 0 Å². The third-order valence-corrected chi connectivity index (χ3v) is 5.41. The van der Waals surface area contributed by atoms with Crippen molar-refractivity contribution in [3.8, 4) is 0 Å². The summed E-state index contributed by atoms with van der Waals surface area (Å²) < 4.78 is 0. The minimum atomic E-state index is 0. The second-order valence-electron chi connectivity index (χ2n) is 10.7. The Labute approximate surface area is 233 Å². The molecule has 0 N–H and O–H groups in total. The maximum atomic E-state index is 2.29. The van der Waals surface area contributed by atoms with E-state index >= 15 is 0 Å². The molecule has 0 aliphatic heterocycles. The van der Waals surface area contributed by atoms with Crippen LogP contribution in [0.5, 0.6) is 0 Å². The fourth-order valence-corrected chi connectivity index (χ4v) is 4.08. The molecule has 4 aromatic carbocycles. The third kappa shape index (κ3) is 9.09. The summed E-state index contributed by atoms with van der Waals surface area (Å²) in [4.78, 5) is 0. The van der Waals surface area contributed by atoms with Crippen molar-refractivity contribution in [1.29, 1.82) is 0 Å². The molecule has 0 fully saturated rings. The Morgan fingerprint density at radius 2 is 0.912 bits per heavy atom. The van der Waals surface area contributed by atoms with Crippen LogP contribution in [0.25, 0.3) is 21.5 Å². The van der Waals surface area contributed by atoms with Gasteiger partial charge in [-0.25, -0.2) is 0 Å². The number of rotatable bonds is 0. The van der Waals surface area contributed by atoms with Gasteiger partial charge in [-0.05, 0) is 10.8 Å². The van der Waals surface area contributed by atoms with Gasteiger partial charge in [-0.1, -0.05) is 91.7 Å². The van der Waals surface area contributed by atoms with E-state index in [0.717, 1.165) is 9.52 Å². The molecule has 2 radical (unpaired) electrons. The molecule has 34 heavy (non-hydrogen) atoms. The first-order valence-electron chi connectivity index (χ1n) is 11.3. The van der Waals surface area contributed by atoms with Gasteiger partial charge in [-0.2, -0.15) is 12.1 Å². The molecule has 0 aromatic heterocycles. The van der Waals surface area contributed by atoms with Gasteiger partial charge in [-0.15, -0.1) is 69.1 Å². The van der Waals surface area contributed by atoms with Gasteiger partial charge in [0.25, 0.3) is 0 Å². The van der Waals surface area contributed by atoms with Gasteiger partial charge in [0.2, 0.25) is 0 Å². The Bertz CT molecular complexity index is 1020. The van der Waals surface area contributed by atoms with Crippen molar-refractivity contribution in [2.24, 2.45) is 0 Å². The first-order valence-corrected chi connectivity index (χ1v) is 13.3. The van der Waals surface area contributed by atoms with Crippen molar-refractivity contribution in [3.63, 3.8) is 0 Å². The van der Waals surface area contributed by atoms with Crippen molar-refractivity contribution < 1.29 is 26.2 Å². The van der Waals surface area contributed by atoms with Gasteiger partial charge in [0, 0.05) is 9.52 Å². The molecule has 0 amide bonds. The number of hydrogen-bond acceptors (Lipinski definition) is 0. The summed E-state index contributed by atoms with van der Waals surface area (Å²) in [6.45, 7) is 22.2. The van der Waals surface area contributed by atoms with Crippen molar-refractivity contribution in [2.75, 3.05) is 0 Å². The van der Waals surface area contributed by atoms with E-state index in [1.165, 1.54) is 43.8 Å². The van der Waals surface area contributed by atoms with E-state index in [1.807, 2.05) is 0 Å². The summed E-state index contributed by atoms with van der Waals surface area (Å²) in [6, 6.07) is 22.3. The van der Waals surface area contributed by atoms with Crippen molar-refractivity contribution >= 4 is 31.1 Å². The zero-order valence-corrected chi connectivity index (χ0v) is 27.2. The SMILES string of the molecule is C[Si]C.Cc1cc2c(C(C)(C)C)cccc2[cH-]1.Cc1cc2c(C(C)(C)C)cccc2[cH-]1.[CH3-].[CH3-].[Zr+4]. The zero-order valence-electron chi connectivity index (χ0n) is 23.8. The van der Waals surface area contributed by atoms with E-state index < -0.39 is 0 Å². The van der Waals surface area contributed by atoms with Gasteiger partial charge in [0.05, 0.1) is 0 Å². The second-order valence-corrected chi connectivity index (χ2v) is 11.7. The molecule has 4 rings (SSSR count). The molecule has 0 saturated carbocycles. The fourth-order valence-electron chi connectivity index (χ4n) is 4.08. The predicted octanol–water partition coefficient (Wildman–Crippen LogP) is 10.0. The van der Waals surface area contributed by atoms with Crippen molar-refractivity contribution in [3.05, 3.63) is 97.8 Å². The van der Waals surface area contributed by atoms with Crippen LogP contribution in [0, 0.1) is 28.7 Å². The smallest absolute Gasteiger partial charge is 0.358 e. The largest absolute Gasteiger partial charge is 4.00 e. The minimum Gasteiger partial charge on any atom is -0.358 e. The molecule has 0 aliphatic carbocycles. The van der Waals surface area contributed by atoms with Crippen LogP contribution in [0.3, 0.4) is 0 Å². The minimum absolute atomic E-state index is 0. The monoisotopic (exact) mass is 548 g/mol. The van der Waals surface area contributed by atoms with Gasteiger partial charge in [-0.3, -0.25) is 0 Å². The number of benzene rings is 2. The summed E-state index contributed by atoms with van der Waals surface area (Å²) in [7, 11) is 1.08. The molecule has 0 heterocycles. The Hall–Kier alpha value is -1.24. The molecule has 0 bridgehead atoms. The second kappa shape index (κ2) is 14.4. The topological polar surface area (TPSA) is 0 Å². The molecule has 0 unspecified atom stereocenters. The first-order chi connectivity index (χ1) is 14.4. The van der Waals surface area contributed by atoms with Crippen LogP contribution in [0.1, 0.15) is 63.8 Å². The van der Waals surface area contributed by atoms with Gasteiger partial charge >= 0.3 is 26.2 Å². The predicted molar refractivity (Wildman–Crippen MR) is 156 cm³/mol. The quantitative estimate of drug-likeness (QED) is 0.151. The summed E-state index contributed by atoms with van der Waals surface area (Å²) >= 11 is 0. The summed E-state index contributed by atoms with van der Waals surface area (Å²) in [6.07, 6.45) is 0. The van der Waals surface area contributed by atoms with E-state index in [-0.39, 0.29) is 51.9 Å². The molecule has 0 saturated heterocycles. The molecule has 182 valence electrons.